The summed E-state index contributed by atoms with van der Waals surface area (Å²) in [6.45, 7) is 0.924. The number of benzene rings is 1. The lowest BCUT2D eigenvalue weighted by Crippen LogP contribution is -2.60. The van der Waals surface area contributed by atoms with Crippen LogP contribution in [0.3, 0.4) is 0 Å². The summed E-state index contributed by atoms with van der Waals surface area (Å²) in [6.07, 6.45) is -3.98. The average Bonchev–Trinajstić information content (AvgIpc) is 2.45. The normalized spacial score (nSPS) is 33.7. The summed E-state index contributed by atoms with van der Waals surface area (Å²) in [6, 6.07) is 8.31. The molecule has 4 N–H and O–H groups in total. The van der Waals surface area contributed by atoms with Gasteiger partial charge in [-0.3, -0.25) is 4.79 Å². The van der Waals surface area contributed by atoms with Gasteiger partial charge in [-0.2, -0.15) is 0 Å². The Labute approximate surface area is 117 Å². The molecule has 1 amide bonds. The monoisotopic (exact) mass is 281 g/mol. The number of hydrogen-bond donors (Lipinski definition) is 4. The topological polar surface area (TPSA) is 99.0 Å². The lowest BCUT2D eigenvalue weighted by molar-refractivity contribution is -0.197. The molecule has 1 aromatic rings. The molecule has 1 saturated heterocycles. The Morgan fingerprint density at radius 1 is 1.25 bits per heavy atom. The Bertz CT molecular complexity index is 452. The van der Waals surface area contributed by atoms with Gasteiger partial charge in [-0.1, -0.05) is 30.3 Å². The van der Waals surface area contributed by atoms with Crippen molar-refractivity contribution in [3.05, 3.63) is 35.9 Å². The van der Waals surface area contributed by atoms with Crippen molar-refractivity contribution in [1.29, 1.82) is 0 Å². The van der Waals surface area contributed by atoms with Gasteiger partial charge in [-0.25, -0.2) is 0 Å². The van der Waals surface area contributed by atoms with Gasteiger partial charge in [0.2, 0.25) is 5.91 Å². The highest BCUT2D eigenvalue weighted by molar-refractivity contribution is 5.73. The van der Waals surface area contributed by atoms with Gasteiger partial charge >= 0.3 is 0 Å². The smallest absolute Gasteiger partial charge is 0.217 e. The number of hydrogen-bond acceptors (Lipinski definition) is 5. The van der Waals surface area contributed by atoms with Crippen molar-refractivity contribution in [3.63, 3.8) is 0 Å². The summed E-state index contributed by atoms with van der Waals surface area (Å²) in [5.74, 6) is -0.326. The van der Waals surface area contributed by atoms with Crippen molar-refractivity contribution in [2.75, 3.05) is 6.61 Å². The minimum Gasteiger partial charge on any atom is -0.394 e. The molecule has 5 atom stereocenters. The van der Waals surface area contributed by atoms with E-state index in [1.807, 2.05) is 18.2 Å². The zero-order valence-corrected chi connectivity index (χ0v) is 11.1. The van der Waals surface area contributed by atoms with E-state index in [0.29, 0.717) is 0 Å². The first-order valence-corrected chi connectivity index (χ1v) is 6.49. The van der Waals surface area contributed by atoms with Gasteiger partial charge < -0.3 is 25.4 Å². The number of ether oxygens (including phenoxy) is 1. The Morgan fingerprint density at radius 3 is 2.45 bits per heavy atom. The maximum atomic E-state index is 11.3. The van der Waals surface area contributed by atoms with Crippen LogP contribution in [0.15, 0.2) is 30.3 Å². The molecule has 20 heavy (non-hydrogen) atoms. The molecule has 6 heteroatoms. The fourth-order valence-corrected chi connectivity index (χ4v) is 2.44. The number of nitrogens with one attached hydrogen (secondary N) is 1. The van der Waals surface area contributed by atoms with E-state index in [-0.39, 0.29) is 5.91 Å². The van der Waals surface area contributed by atoms with Gasteiger partial charge in [0.05, 0.1) is 12.6 Å². The number of rotatable bonds is 3. The largest absolute Gasteiger partial charge is 0.394 e. The lowest BCUT2D eigenvalue weighted by Gasteiger charge is -2.42. The Morgan fingerprint density at radius 2 is 1.90 bits per heavy atom. The first kappa shape index (κ1) is 14.9. The Hall–Kier alpha value is -1.47. The molecule has 0 aliphatic carbocycles. The molecule has 0 saturated carbocycles. The van der Waals surface area contributed by atoms with Gasteiger partial charge in [0.15, 0.2) is 0 Å². The zero-order chi connectivity index (χ0) is 14.7. The molecule has 110 valence electrons. The molecule has 1 heterocycles. The van der Waals surface area contributed by atoms with Gasteiger partial charge in [0.1, 0.15) is 24.4 Å². The molecule has 2 rings (SSSR count). The number of aliphatic hydroxyl groups excluding tert-OH is 3. The molecule has 0 bridgehead atoms. The number of aliphatic hydroxyl groups is 3. The van der Waals surface area contributed by atoms with Crippen molar-refractivity contribution >= 4 is 5.91 Å². The Kier molecular flexibility index (Phi) is 4.72. The maximum absolute atomic E-state index is 11.3. The first-order valence-electron chi connectivity index (χ1n) is 6.49. The van der Waals surface area contributed by atoms with Gasteiger partial charge in [0, 0.05) is 6.92 Å². The fraction of sp³-hybridized carbons (Fsp3) is 0.500. The molecular weight excluding hydrogens is 262 g/mol. The molecule has 6 nitrogen and oxygen atoms in total. The predicted octanol–water partition coefficient (Wildman–Crippen LogP) is -0.655. The fourth-order valence-electron chi connectivity index (χ4n) is 2.44. The van der Waals surface area contributed by atoms with E-state index in [0.717, 1.165) is 5.56 Å². The van der Waals surface area contributed by atoms with Crippen molar-refractivity contribution in [2.24, 2.45) is 0 Å². The third-order valence-electron chi connectivity index (χ3n) is 3.42. The molecule has 0 spiro atoms. The third kappa shape index (κ3) is 2.99. The van der Waals surface area contributed by atoms with Crippen LogP contribution in [0.5, 0.6) is 0 Å². The van der Waals surface area contributed by atoms with Crippen LogP contribution in [0.4, 0.5) is 0 Å². The molecular formula is C14H19NO5. The van der Waals surface area contributed by atoms with Gasteiger partial charge in [-0.05, 0) is 5.56 Å². The van der Waals surface area contributed by atoms with Crippen LogP contribution in [0.2, 0.25) is 0 Å². The van der Waals surface area contributed by atoms with Crippen molar-refractivity contribution in [2.45, 2.75) is 37.4 Å². The van der Waals surface area contributed by atoms with Crippen molar-refractivity contribution in [3.8, 4) is 0 Å². The highest BCUT2D eigenvalue weighted by Gasteiger charge is 2.45. The van der Waals surface area contributed by atoms with Crippen LogP contribution >= 0.6 is 0 Å². The van der Waals surface area contributed by atoms with Crippen molar-refractivity contribution < 1.29 is 24.9 Å². The first-order chi connectivity index (χ1) is 9.54. The summed E-state index contributed by atoms with van der Waals surface area (Å²) in [5, 5.41) is 31.9. The third-order valence-corrected chi connectivity index (χ3v) is 3.42. The van der Waals surface area contributed by atoms with Crippen LogP contribution in [0.1, 0.15) is 18.6 Å². The number of amides is 1. The van der Waals surface area contributed by atoms with Crippen LogP contribution in [-0.4, -0.2) is 52.2 Å². The SMILES string of the molecule is CC(=O)N[C@@H]1[C@@H](O)[C@@H](O)[C@@H](CO)O[C@H]1c1ccccc1. The molecule has 1 aromatic carbocycles. The highest BCUT2D eigenvalue weighted by atomic mass is 16.5. The second kappa shape index (κ2) is 6.32. The van der Waals surface area contributed by atoms with E-state index in [1.54, 1.807) is 12.1 Å². The van der Waals surface area contributed by atoms with E-state index in [4.69, 9.17) is 4.74 Å². The summed E-state index contributed by atoms with van der Waals surface area (Å²) in [4.78, 5) is 11.3. The van der Waals surface area contributed by atoms with E-state index in [1.165, 1.54) is 6.92 Å². The summed E-state index contributed by atoms with van der Waals surface area (Å²) in [5.41, 5.74) is 0.760. The van der Waals surface area contributed by atoms with Gasteiger partial charge in [-0.15, -0.1) is 0 Å². The van der Waals surface area contributed by atoms with Crippen LogP contribution < -0.4 is 5.32 Å². The molecule has 1 aliphatic heterocycles. The molecule has 0 unspecified atom stereocenters. The molecule has 0 aromatic heterocycles. The second-order valence-electron chi connectivity index (χ2n) is 4.90. The zero-order valence-electron chi connectivity index (χ0n) is 11.1. The van der Waals surface area contributed by atoms with Crippen molar-refractivity contribution in [1.82, 2.24) is 5.32 Å². The number of carbonyl (C=O) groups excluding carboxylic acids is 1. The molecule has 1 fully saturated rings. The average molecular weight is 281 g/mol. The van der Waals surface area contributed by atoms with Gasteiger partial charge in [0.25, 0.3) is 0 Å². The van der Waals surface area contributed by atoms with E-state index >= 15 is 0 Å². The Balaban J connectivity index is 2.30. The maximum Gasteiger partial charge on any atom is 0.217 e. The highest BCUT2D eigenvalue weighted by Crippen LogP contribution is 2.32. The minimum atomic E-state index is -1.25. The molecule has 0 radical (unpaired) electrons. The predicted molar refractivity (Wildman–Crippen MR) is 70.8 cm³/mol. The summed E-state index contributed by atoms with van der Waals surface area (Å²) >= 11 is 0. The minimum absolute atomic E-state index is 0.326. The van der Waals surface area contributed by atoms with E-state index in [9.17, 15) is 20.1 Å². The second-order valence-corrected chi connectivity index (χ2v) is 4.90. The number of carbonyl (C=O) groups is 1. The standard InChI is InChI=1S/C14H19NO5/c1-8(17)15-11-13(19)12(18)10(7-16)20-14(11)9-5-3-2-4-6-9/h2-6,10-14,16,18-19H,7H2,1H3,(H,15,17)/t10-,11-,12+,13-,14+/m1/s1. The van der Waals surface area contributed by atoms with Crippen LogP contribution in [0, 0.1) is 0 Å². The van der Waals surface area contributed by atoms with E-state index in [2.05, 4.69) is 5.32 Å². The lowest BCUT2D eigenvalue weighted by atomic mass is 9.89. The quantitative estimate of drug-likeness (QED) is 0.590. The van der Waals surface area contributed by atoms with Crippen LogP contribution in [0.25, 0.3) is 0 Å². The summed E-state index contributed by atoms with van der Waals surface area (Å²) in [7, 11) is 0. The summed E-state index contributed by atoms with van der Waals surface area (Å²) < 4.78 is 5.64. The van der Waals surface area contributed by atoms with E-state index < -0.39 is 37.1 Å². The van der Waals surface area contributed by atoms with Crippen LogP contribution in [-0.2, 0) is 9.53 Å². The molecule has 1 aliphatic rings.